The van der Waals surface area contributed by atoms with E-state index in [1.165, 1.54) is 12.1 Å². The number of piperidine rings is 1. The van der Waals surface area contributed by atoms with Gasteiger partial charge in [0.05, 0.1) is 18.3 Å². The maximum Gasteiger partial charge on any atom is 0.227 e. The maximum absolute atomic E-state index is 13.1. The van der Waals surface area contributed by atoms with Gasteiger partial charge in [0.1, 0.15) is 11.6 Å². The minimum atomic E-state index is -0.291. The normalized spacial score (nSPS) is 16.8. The van der Waals surface area contributed by atoms with E-state index in [0.717, 1.165) is 42.3 Å². The van der Waals surface area contributed by atoms with Crippen molar-refractivity contribution in [2.75, 3.05) is 13.1 Å². The van der Waals surface area contributed by atoms with Crippen molar-refractivity contribution in [2.24, 2.45) is 0 Å². The molecule has 6 nitrogen and oxygen atoms in total. The molecule has 1 saturated heterocycles. The Bertz CT molecular complexity index is 1010. The van der Waals surface area contributed by atoms with Crippen LogP contribution in [-0.2, 0) is 11.2 Å². The number of nitrogens with zero attached hydrogens (tertiary/aromatic N) is 5. The van der Waals surface area contributed by atoms with Crippen LogP contribution in [0.15, 0.2) is 49.1 Å². The number of imidazole rings is 1. The van der Waals surface area contributed by atoms with Crippen molar-refractivity contribution in [3.05, 3.63) is 72.0 Å². The molecular formula is C23H26FN5O. The quantitative estimate of drug-likeness (QED) is 0.644. The van der Waals surface area contributed by atoms with Gasteiger partial charge in [-0.05, 0) is 30.5 Å². The number of rotatable bonds is 5. The van der Waals surface area contributed by atoms with Gasteiger partial charge in [-0.2, -0.15) is 0 Å². The van der Waals surface area contributed by atoms with Crippen LogP contribution in [0.2, 0.25) is 0 Å². The number of halogens is 1. The van der Waals surface area contributed by atoms with Crippen LogP contribution in [0.5, 0.6) is 0 Å². The molecule has 7 heteroatoms. The number of benzene rings is 1. The van der Waals surface area contributed by atoms with Crippen molar-refractivity contribution >= 4 is 5.91 Å². The summed E-state index contributed by atoms with van der Waals surface area (Å²) in [7, 11) is 0. The molecular weight excluding hydrogens is 381 g/mol. The summed E-state index contributed by atoms with van der Waals surface area (Å²) in [6.45, 7) is 5.56. The van der Waals surface area contributed by atoms with E-state index in [4.69, 9.17) is 4.98 Å². The number of aromatic nitrogens is 4. The van der Waals surface area contributed by atoms with Gasteiger partial charge >= 0.3 is 0 Å². The molecule has 156 valence electrons. The van der Waals surface area contributed by atoms with Gasteiger partial charge in [0, 0.05) is 43.5 Å². The molecule has 1 aliphatic heterocycles. The summed E-state index contributed by atoms with van der Waals surface area (Å²) < 4.78 is 15.1. The summed E-state index contributed by atoms with van der Waals surface area (Å²) in [4.78, 5) is 28.4. The van der Waals surface area contributed by atoms with E-state index in [9.17, 15) is 9.18 Å². The van der Waals surface area contributed by atoms with Crippen LogP contribution in [0.4, 0.5) is 4.39 Å². The van der Waals surface area contributed by atoms with Crippen molar-refractivity contribution in [3.63, 3.8) is 0 Å². The summed E-state index contributed by atoms with van der Waals surface area (Å²) in [6, 6.07) is 6.12. The van der Waals surface area contributed by atoms with Crippen LogP contribution < -0.4 is 0 Å². The monoisotopic (exact) mass is 407 g/mol. The first kappa shape index (κ1) is 20.2. The highest BCUT2D eigenvalue weighted by Gasteiger charge is 2.26. The molecule has 1 atom stereocenters. The van der Waals surface area contributed by atoms with Crippen molar-refractivity contribution in [2.45, 2.75) is 44.9 Å². The van der Waals surface area contributed by atoms with E-state index >= 15 is 0 Å². The van der Waals surface area contributed by atoms with Crippen LogP contribution in [0.3, 0.4) is 0 Å². The molecule has 2 aromatic heterocycles. The molecule has 0 aliphatic carbocycles. The standard InChI is InChI=1S/C23H26FN5O/c1-16(2)23-26-9-11-29(23)21-14-25-13-20(27-21)18-4-3-10-28(15-18)22(30)12-17-5-7-19(24)8-6-17/h5-9,11,13-14,16,18H,3-4,10,12,15H2,1-2H3/t18-/m1/s1. The SMILES string of the molecule is CC(C)c1nccn1-c1cncc([C@@H]2CCCN(C(=O)Cc3ccc(F)cc3)C2)n1. The predicted octanol–water partition coefficient (Wildman–Crippen LogP) is 3.87. The third-order valence-electron chi connectivity index (χ3n) is 5.53. The molecule has 1 fully saturated rings. The Balaban J connectivity index is 1.48. The second kappa shape index (κ2) is 8.73. The summed E-state index contributed by atoms with van der Waals surface area (Å²) in [5.41, 5.74) is 1.72. The number of hydrogen-bond acceptors (Lipinski definition) is 4. The number of likely N-dealkylation sites (tertiary alicyclic amines) is 1. The molecule has 3 heterocycles. The highest BCUT2D eigenvalue weighted by atomic mass is 19.1. The number of hydrogen-bond donors (Lipinski definition) is 0. The second-order valence-corrected chi connectivity index (χ2v) is 8.09. The maximum atomic E-state index is 13.1. The summed E-state index contributed by atoms with van der Waals surface area (Å²) >= 11 is 0. The predicted molar refractivity (Wildman–Crippen MR) is 112 cm³/mol. The topological polar surface area (TPSA) is 63.9 Å². The van der Waals surface area contributed by atoms with Crippen molar-refractivity contribution in [1.29, 1.82) is 0 Å². The van der Waals surface area contributed by atoms with Gasteiger partial charge in [0.2, 0.25) is 5.91 Å². The number of carbonyl (C=O) groups is 1. The van der Waals surface area contributed by atoms with E-state index in [1.54, 1.807) is 30.7 Å². The van der Waals surface area contributed by atoms with Crippen LogP contribution in [-0.4, -0.2) is 43.4 Å². The van der Waals surface area contributed by atoms with E-state index < -0.39 is 0 Å². The highest BCUT2D eigenvalue weighted by Crippen LogP contribution is 2.27. The molecule has 3 aromatic rings. The van der Waals surface area contributed by atoms with E-state index in [0.29, 0.717) is 6.54 Å². The fourth-order valence-corrected chi connectivity index (χ4v) is 3.95. The minimum absolute atomic E-state index is 0.0622. The molecule has 0 radical (unpaired) electrons. The van der Waals surface area contributed by atoms with Gasteiger partial charge in [-0.25, -0.2) is 14.4 Å². The lowest BCUT2D eigenvalue weighted by molar-refractivity contribution is -0.131. The molecule has 1 aromatic carbocycles. The first-order valence-corrected chi connectivity index (χ1v) is 10.4. The third kappa shape index (κ3) is 4.40. The lowest BCUT2D eigenvalue weighted by Crippen LogP contribution is -2.40. The number of amides is 1. The zero-order valence-electron chi connectivity index (χ0n) is 17.3. The molecule has 0 unspecified atom stereocenters. The largest absolute Gasteiger partial charge is 0.342 e. The van der Waals surface area contributed by atoms with Gasteiger partial charge in [-0.15, -0.1) is 0 Å². The summed E-state index contributed by atoms with van der Waals surface area (Å²) in [5, 5.41) is 0. The molecule has 0 spiro atoms. The Morgan fingerprint density at radius 1 is 1.23 bits per heavy atom. The lowest BCUT2D eigenvalue weighted by atomic mass is 9.94. The fourth-order valence-electron chi connectivity index (χ4n) is 3.95. The zero-order chi connectivity index (χ0) is 21.1. The van der Waals surface area contributed by atoms with E-state index in [1.807, 2.05) is 15.7 Å². The van der Waals surface area contributed by atoms with Crippen LogP contribution in [0.25, 0.3) is 5.82 Å². The first-order valence-electron chi connectivity index (χ1n) is 10.4. The molecule has 0 saturated carbocycles. The first-order chi connectivity index (χ1) is 14.5. The zero-order valence-corrected chi connectivity index (χ0v) is 17.3. The van der Waals surface area contributed by atoms with Crippen LogP contribution >= 0.6 is 0 Å². The molecule has 0 N–H and O–H groups in total. The van der Waals surface area contributed by atoms with Crippen molar-refractivity contribution < 1.29 is 9.18 Å². The van der Waals surface area contributed by atoms with E-state index in [2.05, 4.69) is 23.8 Å². The average molecular weight is 407 g/mol. The molecule has 4 rings (SSSR count). The Kier molecular flexibility index (Phi) is 5.88. The Morgan fingerprint density at radius 3 is 2.80 bits per heavy atom. The van der Waals surface area contributed by atoms with E-state index in [-0.39, 0.29) is 30.0 Å². The Labute approximate surface area is 175 Å². The Hall–Kier alpha value is -3.09. The smallest absolute Gasteiger partial charge is 0.227 e. The molecule has 0 bridgehead atoms. The van der Waals surface area contributed by atoms with Crippen LogP contribution in [0.1, 0.15) is 55.6 Å². The van der Waals surface area contributed by atoms with Crippen LogP contribution in [0, 0.1) is 5.82 Å². The highest BCUT2D eigenvalue weighted by molar-refractivity contribution is 5.79. The van der Waals surface area contributed by atoms with Gasteiger partial charge in [0.15, 0.2) is 5.82 Å². The molecule has 30 heavy (non-hydrogen) atoms. The lowest BCUT2D eigenvalue weighted by Gasteiger charge is -2.32. The minimum Gasteiger partial charge on any atom is -0.342 e. The van der Waals surface area contributed by atoms with Crippen molar-refractivity contribution in [3.8, 4) is 5.82 Å². The molecule has 1 aliphatic rings. The fraction of sp³-hybridized carbons (Fsp3) is 0.391. The van der Waals surface area contributed by atoms with Gasteiger partial charge in [0.25, 0.3) is 0 Å². The van der Waals surface area contributed by atoms with Gasteiger partial charge in [-0.1, -0.05) is 26.0 Å². The summed E-state index contributed by atoms with van der Waals surface area (Å²) in [6.07, 6.45) is 9.41. The third-order valence-corrected chi connectivity index (χ3v) is 5.53. The van der Waals surface area contributed by atoms with Gasteiger partial charge < -0.3 is 4.90 Å². The number of carbonyl (C=O) groups excluding carboxylic acids is 1. The second-order valence-electron chi connectivity index (χ2n) is 8.09. The molecule has 1 amide bonds. The van der Waals surface area contributed by atoms with Gasteiger partial charge in [-0.3, -0.25) is 14.3 Å². The average Bonchev–Trinajstić information content (AvgIpc) is 3.26. The van der Waals surface area contributed by atoms with Crippen molar-refractivity contribution in [1.82, 2.24) is 24.4 Å². The Morgan fingerprint density at radius 2 is 2.03 bits per heavy atom. The summed E-state index contributed by atoms with van der Waals surface area (Å²) in [5.74, 6) is 1.90.